The Morgan fingerprint density at radius 2 is 2.11 bits per heavy atom. The molecule has 0 amide bonds. The predicted octanol–water partition coefficient (Wildman–Crippen LogP) is 3.11. The van der Waals surface area contributed by atoms with Crippen molar-refractivity contribution in [3.63, 3.8) is 0 Å². The monoisotopic (exact) mass is 411 g/mol. The molecule has 0 radical (unpaired) electrons. The first-order chi connectivity index (χ1) is 13.0. The van der Waals surface area contributed by atoms with Gasteiger partial charge in [-0.05, 0) is 19.1 Å². The Labute approximate surface area is 163 Å². The van der Waals surface area contributed by atoms with Gasteiger partial charge in [-0.3, -0.25) is 4.68 Å². The zero-order valence-corrected chi connectivity index (χ0v) is 16.2. The molecule has 0 aliphatic rings. The molecule has 1 aromatic carbocycles. The Morgan fingerprint density at radius 3 is 2.78 bits per heavy atom. The van der Waals surface area contributed by atoms with E-state index in [0.717, 1.165) is 24.4 Å². The topological polar surface area (TPSA) is 68.8 Å². The smallest absolute Gasteiger partial charge is 0.137 e. The van der Waals surface area contributed by atoms with Crippen LogP contribution in [-0.4, -0.2) is 40.7 Å². The van der Waals surface area contributed by atoms with E-state index in [1.807, 2.05) is 23.9 Å². The molecule has 1 N–H and O–H groups in total. The van der Waals surface area contributed by atoms with Crippen molar-refractivity contribution in [3.8, 4) is 0 Å². The average Bonchev–Trinajstić information content (AvgIpc) is 3.32. The van der Waals surface area contributed by atoms with Crippen molar-refractivity contribution in [3.05, 3.63) is 66.5 Å². The lowest BCUT2D eigenvalue weighted by atomic mass is 9.90. The molecule has 3 rings (SSSR count). The Kier molecular flexibility index (Phi) is 6.51. The third-order valence-corrected chi connectivity index (χ3v) is 7.05. The molecule has 0 spiro atoms. The quantitative estimate of drug-likeness (QED) is 0.431. The summed E-state index contributed by atoms with van der Waals surface area (Å²) in [6.07, 6.45) is 6.39. The first kappa shape index (κ1) is 19.8. The van der Waals surface area contributed by atoms with Gasteiger partial charge in [0, 0.05) is 35.0 Å². The van der Waals surface area contributed by atoms with Gasteiger partial charge in [-0.25, -0.2) is 18.4 Å². The zero-order valence-electron chi connectivity index (χ0n) is 14.6. The lowest BCUT2D eigenvalue weighted by Crippen LogP contribution is -2.41. The first-order valence-corrected chi connectivity index (χ1v) is 10.6. The summed E-state index contributed by atoms with van der Waals surface area (Å²) >= 11 is 0. The lowest BCUT2D eigenvalue weighted by Gasteiger charge is -2.34. The van der Waals surface area contributed by atoms with Crippen LogP contribution in [0.4, 0.5) is 8.78 Å². The van der Waals surface area contributed by atoms with Crippen molar-refractivity contribution < 1.29 is 13.9 Å². The number of nitrogens with zero attached hydrogens (tertiary/aromatic N) is 5. The molecule has 0 bridgehead atoms. The highest BCUT2D eigenvalue weighted by Gasteiger charge is 2.39. The molecule has 2 heterocycles. The molecule has 0 saturated carbocycles. The SMILES string of the molecule is C[C@@H](SSCCn1cccn1)[C@](O)(Cn1cncn1)c1ccc(F)cc1F. The molecule has 0 aliphatic carbocycles. The van der Waals surface area contributed by atoms with Crippen LogP contribution in [0.5, 0.6) is 0 Å². The third-order valence-electron chi connectivity index (χ3n) is 4.11. The van der Waals surface area contributed by atoms with E-state index in [1.54, 1.807) is 17.0 Å². The minimum atomic E-state index is -1.59. The molecule has 10 heteroatoms. The van der Waals surface area contributed by atoms with E-state index in [9.17, 15) is 13.9 Å². The maximum absolute atomic E-state index is 14.4. The summed E-state index contributed by atoms with van der Waals surface area (Å²) in [6, 6.07) is 5.07. The van der Waals surface area contributed by atoms with Crippen LogP contribution in [0.25, 0.3) is 0 Å². The maximum atomic E-state index is 14.4. The molecule has 0 fully saturated rings. The number of rotatable bonds is 9. The molecule has 2 aromatic heterocycles. The van der Waals surface area contributed by atoms with E-state index in [4.69, 9.17) is 0 Å². The van der Waals surface area contributed by atoms with Gasteiger partial charge in [0.25, 0.3) is 0 Å². The lowest BCUT2D eigenvalue weighted by molar-refractivity contribution is 0.0137. The van der Waals surface area contributed by atoms with Crippen molar-refractivity contribution in [2.45, 2.75) is 30.9 Å². The number of hydrogen-bond donors (Lipinski definition) is 1. The molecule has 2 atom stereocenters. The molecule has 6 nitrogen and oxygen atoms in total. The summed E-state index contributed by atoms with van der Waals surface area (Å²) in [7, 11) is 3.00. The van der Waals surface area contributed by atoms with E-state index in [2.05, 4.69) is 15.2 Å². The third kappa shape index (κ3) is 4.88. The summed E-state index contributed by atoms with van der Waals surface area (Å²) < 4.78 is 31.0. The first-order valence-electron chi connectivity index (χ1n) is 8.25. The second-order valence-corrected chi connectivity index (χ2v) is 8.80. The number of halogens is 2. The van der Waals surface area contributed by atoms with Crippen molar-refractivity contribution in [1.82, 2.24) is 24.5 Å². The Balaban J connectivity index is 1.74. The molecule has 0 saturated heterocycles. The Morgan fingerprint density at radius 1 is 1.26 bits per heavy atom. The van der Waals surface area contributed by atoms with Gasteiger partial charge in [0.05, 0.1) is 13.1 Å². The van der Waals surface area contributed by atoms with Gasteiger partial charge in [0.1, 0.15) is 29.9 Å². The van der Waals surface area contributed by atoms with Gasteiger partial charge in [-0.1, -0.05) is 27.7 Å². The van der Waals surface area contributed by atoms with Crippen LogP contribution >= 0.6 is 21.6 Å². The number of benzene rings is 1. The van der Waals surface area contributed by atoms with Gasteiger partial charge < -0.3 is 5.11 Å². The number of aryl methyl sites for hydroxylation is 1. The summed E-state index contributed by atoms with van der Waals surface area (Å²) in [5, 5.41) is 19.1. The van der Waals surface area contributed by atoms with Gasteiger partial charge in [0.15, 0.2) is 0 Å². The Bertz CT molecular complexity index is 847. The fourth-order valence-corrected chi connectivity index (χ4v) is 5.15. The molecule has 144 valence electrons. The summed E-state index contributed by atoms with van der Waals surface area (Å²) in [6.45, 7) is 2.54. The minimum absolute atomic E-state index is 0.00341. The van der Waals surface area contributed by atoms with E-state index in [1.165, 1.54) is 34.2 Å². The van der Waals surface area contributed by atoms with Gasteiger partial charge in [-0.15, -0.1) is 0 Å². The summed E-state index contributed by atoms with van der Waals surface area (Å²) in [5.41, 5.74) is -1.55. The van der Waals surface area contributed by atoms with E-state index < -0.39 is 22.5 Å². The number of aliphatic hydroxyl groups is 1. The predicted molar refractivity (Wildman–Crippen MR) is 102 cm³/mol. The fourth-order valence-electron chi connectivity index (χ4n) is 2.63. The van der Waals surface area contributed by atoms with Crippen molar-refractivity contribution in [2.75, 3.05) is 5.75 Å². The molecule has 27 heavy (non-hydrogen) atoms. The van der Waals surface area contributed by atoms with Crippen LogP contribution in [0.3, 0.4) is 0 Å². The molecule has 0 unspecified atom stereocenters. The Hall–Kier alpha value is -1.91. The van der Waals surface area contributed by atoms with Crippen LogP contribution in [0.2, 0.25) is 0 Å². The zero-order chi connectivity index (χ0) is 19.3. The average molecular weight is 412 g/mol. The fraction of sp³-hybridized carbons (Fsp3) is 0.353. The highest BCUT2D eigenvalue weighted by Crippen LogP contribution is 2.40. The van der Waals surface area contributed by atoms with E-state index in [-0.39, 0.29) is 12.1 Å². The molecule has 3 aromatic rings. The van der Waals surface area contributed by atoms with Gasteiger partial charge in [-0.2, -0.15) is 10.2 Å². The molecular weight excluding hydrogens is 392 g/mol. The highest BCUT2D eigenvalue weighted by atomic mass is 33.1. The van der Waals surface area contributed by atoms with Crippen LogP contribution in [0.1, 0.15) is 12.5 Å². The summed E-state index contributed by atoms with van der Waals surface area (Å²) in [5.74, 6) is -0.706. The standard InChI is InChI=1S/C17H19F2N5OS2/c1-13(27-26-8-7-23-6-2-5-21-23)17(25,10-24-12-20-11-22-24)15-4-3-14(18)9-16(15)19/h2-6,9,11-13,25H,7-8,10H2,1H3/t13-,17-/m1/s1. The van der Waals surface area contributed by atoms with E-state index >= 15 is 0 Å². The van der Waals surface area contributed by atoms with Crippen LogP contribution in [-0.2, 0) is 18.7 Å². The van der Waals surface area contributed by atoms with E-state index in [0.29, 0.717) is 0 Å². The second kappa shape index (κ2) is 8.85. The highest BCUT2D eigenvalue weighted by molar-refractivity contribution is 8.76. The minimum Gasteiger partial charge on any atom is -0.382 e. The normalized spacial score (nSPS) is 14.8. The van der Waals surface area contributed by atoms with Crippen molar-refractivity contribution in [1.29, 1.82) is 0 Å². The molecule has 0 aliphatic heterocycles. The van der Waals surface area contributed by atoms with Crippen molar-refractivity contribution >= 4 is 21.6 Å². The van der Waals surface area contributed by atoms with Crippen LogP contribution < -0.4 is 0 Å². The van der Waals surface area contributed by atoms with Crippen LogP contribution in [0.15, 0.2) is 49.3 Å². The summed E-state index contributed by atoms with van der Waals surface area (Å²) in [4.78, 5) is 3.87. The van der Waals surface area contributed by atoms with Gasteiger partial charge >= 0.3 is 0 Å². The van der Waals surface area contributed by atoms with Crippen LogP contribution in [0, 0.1) is 11.6 Å². The number of aromatic nitrogens is 5. The maximum Gasteiger partial charge on any atom is 0.137 e. The van der Waals surface area contributed by atoms with Gasteiger partial charge in [0.2, 0.25) is 0 Å². The number of hydrogen-bond acceptors (Lipinski definition) is 6. The largest absolute Gasteiger partial charge is 0.382 e. The second-order valence-electron chi connectivity index (χ2n) is 5.97. The van der Waals surface area contributed by atoms with Crippen molar-refractivity contribution in [2.24, 2.45) is 0 Å². The molecular formula is C17H19F2N5OS2.